The predicted octanol–water partition coefficient (Wildman–Crippen LogP) is 4.28. The summed E-state index contributed by atoms with van der Waals surface area (Å²) in [6, 6.07) is 0. The van der Waals surface area contributed by atoms with Crippen LogP contribution in [0.3, 0.4) is 0 Å². The minimum absolute atomic E-state index is 1.11. The molecular formula is C13H16BrN. The van der Waals surface area contributed by atoms with E-state index in [1.54, 1.807) is 0 Å². The molecule has 1 aromatic heterocycles. The van der Waals surface area contributed by atoms with Gasteiger partial charge in [-0.05, 0) is 59.7 Å². The van der Waals surface area contributed by atoms with Crippen LogP contribution in [0.1, 0.15) is 43.0 Å². The molecule has 15 heavy (non-hydrogen) atoms. The Bertz CT molecular complexity index is 407. The lowest BCUT2D eigenvalue weighted by atomic mass is 9.87. The molecule has 0 aliphatic heterocycles. The van der Waals surface area contributed by atoms with Crippen molar-refractivity contribution < 1.29 is 0 Å². The van der Waals surface area contributed by atoms with E-state index >= 15 is 0 Å². The van der Waals surface area contributed by atoms with E-state index in [0.29, 0.717) is 0 Å². The van der Waals surface area contributed by atoms with Crippen LogP contribution in [0.2, 0.25) is 0 Å². The Kier molecular flexibility index (Phi) is 3.25. The van der Waals surface area contributed by atoms with Crippen LogP contribution in [0.5, 0.6) is 0 Å². The van der Waals surface area contributed by atoms with Crippen molar-refractivity contribution in [3.05, 3.63) is 33.6 Å². The first-order chi connectivity index (χ1) is 7.24. The number of hydrogen-bond acceptors (Lipinski definition) is 1. The Balaban J connectivity index is 2.58. The van der Waals surface area contributed by atoms with Crippen molar-refractivity contribution in [2.75, 3.05) is 0 Å². The molecule has 0 radical (unpaired) electrons. The number of allylic oxidation sites excluding steroid dienone is 2. The van der Waals surface area contributed by atoms with E-state index in [2.05, 4.69) is 40.8 Å². The number of fused-ring (bicyclic) bond motifs is 1. The summed E-state index contributed by atoms with van der Waals surface area (Å²) >= 11 is 3.56. The van der Waals surface area contributed by atoms with Gasteiger partial charge in [-0.15, -0.1) is 0 Å². The zero-order valence-corrected chi connectivity index (χ0v) is 10.9. The van der Waals surface area contributed by atoms with E-state index in [1.165, 1.54) is 35.2 Å². The lowest BCUT2D eigenvalue weighted by molar-refractivity contribution is 0.787. The third kappa shape index (κ3) is 2.00. The second-order valence-electron chi connectivity index (χ2n) is 4.04. The third-order valence-corrected chi connectivity index (χ3v) is 3.79. The number of aromatic nitrogens is 1. The van der Waals surface area contributed by atoms with Crippen LogP contribution in [0.4, 0.5) is 0 Å². The summed E-state index contributed by atoms with van der Waals surface area (Å²) in [6.45, 7) is 4.38. The molecule has 0 atom stereocenters. The molecule has 0 aromatic carbocycles. The summed E-state index contributed by atoms with van der Waals surface area (Å²) in [7, 11) is 0. The highest BCUT2D eigenvalue weighted by molar-refractivity contribution is 9.10. The van der Waals surface area contributed by atoms with E-state index < -0.39 is 0 Å². The van der Waals surface area contributed by atoms with Gasteiger partial charge in [0.15, 0.2) is 0 Å². The molecule has 1 heterocycles. The molecular weight excluding hydrogens is 250 g/mol. The fourth-order valence-electron chi connectivity index (χ4n) is 2.27. The Morgan fingerprint density at radius 1 is 1.47 bits per heavy atom. The van der Waals surface area contributed by atoms with Gasteiger partial charge in [0.25, 0.3) is 0 Å². The van der Waals surface area contributed by atoms with E-state index in [-0.39, 0.29) is 0 Å². The fourth-order valence-corrected chi connectivity index (χ4v) is 2.57. The largest absolute Gasteiger partial charge is 0.259 e. The number of pyridine rings is 1. The molecule has 80 valence electrons. The van der Waals surface area contributed by atoms with Gasteiger partial charge in [0.05, 0.1) is 0 Å². The first kappa shape index (κ1) is 10.9. The van der Waals surface area contributed by atoms with Crippen molar-refractivity contribution in [3.63, 3.8) is 0 Å². The smallest absolute Gasteiger partial charge is 0.0482 e. The molecule has 0 saturated carbocycles. The summed E-state index contributed by atoms with van der Waals surface area (Å²) in [5.41, 5.74) is 5.52. The lowest BCUT2D eigenvalue weighted by Crippen LogP contribution is -2.07. The maximum Gasteiger partial charge on any atom is 0.0482 e. The van der Waals surface area contributed by atoms with Gasteiger partial charge in [0.2, 0.25) is 0 Å². The maximum absolute atomic E-state index is 4.52. The zero-order valence-electron chi connectivity index (χ0n) is 9.31. The zero-order chi connectivity index (χ0) is 10.8. The van der Waals surface area contributed by atoms with Gasteiger partial charge >= 0.3 is 0 Å². The number of halogens is 1. The highest BCUT2D eigenvalue weighted by Crippen LogP contribution is 2.34. The van der Waals surface area contributed by atoms with Gasteiger partial charge in [-0.25, -0.2) is 0 Å². The van der Waals surface area contributed by atoms with E-state index in [1.807, 2.05) is 6.20 Å². The van der Waals surface area contributed by atoms with Crippen LogP contribution in [-0.4, -0.2) is 4.98 Å². The molecule has 2 heteroatoms. The Hall–Kier alpha value is -0.630. The Morgan fingerprint density at radius 2 is 2.27 bits per heavy atom. The van der Waals surface area contributed by atoms with Crippen LogP contribution in [0.15, 0.2) is 16.7 Å². The average Bonchev–Trinajstić information content (AvgIpc) is 2.24. The molecule has 1 aliphatic rings. The molecule has 1 nitrogen and oxygen atoms in total. The molecule has 0 fully saturated rings. The summed E-state index contributed by atoms with van der Waals surface area (Å²) in [4.78, 5) is 4.52. The van der Waals surface area contributed by atoms with Crippen molar-refractivity contribution in [3.8, 4) is 0 Å². The minimum atomic E-state index is 1.11. The molecule has 0 saturated heterocycles. The van der Waals surface area contributed by atoms with Crippen LogP contribution in [0.25, 0.3) is 5.57 Å². The number of aryl methyl sites for hydroxylation is 1. The standard InChI is InChI=1S/C13H16BrN/c1-3-5-10-6-4-7-12-13(10)9(2)11(14)8-15-12/h5,8H,3-4,6-7H2,1-2H3/b10-5-. The van der Waals surface area contributed by atoms with Gasteiger partial charge in [-0.3, -0.25) is 4.98 Å². The average molecular weight is 266 g/mol. The topological polar surface area (TPSA) is 12.9 Å². The summed E-state index contributed by atoms with van der Waals surface area (Å²) in [5.74, 6) is 0. The maximum atomic E-state index is 4.52. The molecule has 1 aliphatic carbocycles. The van der Waals surface area contributed by atoms with E-state index in [0.717, 1.165) is 17.3 Å². The van der Waals surface area contributed by atoms with Crippen LogP contribution in [0, 0.1) is 6.92 Å². The summed E-state index contributed by atoms with van der Waals surface area (Å²) in [5, 5.41) is 0. The first-order valence-electron chi connectivity index (χ1n) is 5.57. The van der Waals surface area contributed by atoms with E-state index in [9.17, 15) is 0 Å². The van der Waals surface area contributed by atoms with Crippen molar-refractivity contribution in [2.45, 2.75) is 39.5 Å². The highest BCUT2D eigenvalue weighted by atomic mass is 79.9. The molecule has 0 unspecified atom stereocenters. The van der Waals surface area contributed by atoms with Crippen molar-refractivity contribution >= 4 is 21.5 Å². The molecule has 0 N–H and O–H groups in total. The highest BCUT2D eigenvalue weighted by Gasteiger charge is 2.18. The van der Waals surface area contributed by atoms with Gasteiger partial charge in [-0.1, -0.05) is 13.0 Å². The second-order valence-corrected chi connectivity index (χ2v) is 4.90. The molecule has 1 aromatic rings. The fraction of sp³-hybridized carbons (Fsp3) is 0.462. The molecule has 0 amide bonds. The van der Waals surface area contributed by atoms with Gasteiger partial charge in [0.1, 0.15) is 0 Å². The third-order valence-electron chi connectivity index (χ3n) is 2.99. The Labute approximate surface area is 99.7 Å². The quantitative estimate of drug-likeness (QED) is 0.739. The van der Waals surface area contributed by atoms with Crippen molar-refractivity contribution in [2.24, 2.45) is 0 Å². The van der Waals surface area contributed by atoms with Crippen LogP contribution in [-0.2, 0) is 6.42 Å². The summed E-state index contributed by atoms with van der Waals surface area (Å²) < 4.78 is 1.13. The van der Waals surface area contributed by atoms with E-state index in [4.69, 9.17) is 0 Å². The summed E-state index contributed by atoms with van der Waals surface area (Å²) in [6.07, 6.45) is 8.97. The number of rotatable bonds is 1. The lowest BCUT2D eigenvalue weighted by Gasteiger charge is -2.21. The van der Waals surface area contributed by atoms with Crippen molar-refractivity contribution in [1.29, 1.82) is 0 Å². The van der Waals surface area contributed by atoms with Gasteiger partial charge in [0, 0.05) is 21.9 Å². The van der Waals surface area contributed by atoms with Gasteiger partial charge in [-0.2, -0.15) is 0 Å². The molecule has 0 bridgehead atoms. The van der Waals surface area contributed by atoms with Crippen molar-refractivity contribution in [1.82, 2.24) is 4.98 Å². The molecule has 2 rings (SSSR count). The molecule has 0 spiro atoms. The van der Waals surface area contributed by atoms with Crippen LogP contribution >= 0.6 is 15.9 Å². The minimum Gasteiger partial charge on any atom is -0.259 e. The number of nitrogens with zero attached hydrogens (tertiary/aromatic N) is 1. The Morgan fingerprint density at radius 3 is 3.00 bits per heavy atom. The SMILES string of the molecule is CC/C=C1/CCCc2ncc(Br)c(C)c21. The monoisotopic (exact) mass is 265 g/mol. The normalized spacial score (nSPS) is 17.9. The number of hydrogen-bond donors (Lipinski definition) is 0. The second kappa shape index (κ2) is 4.48. The van der Waals surface area contributed by atoms with Crippen LogP contribution < -0.4 is 0 Å². The predicted molar refractivity (Wildman–Crippen MR) is 67.9 cm³/mol. The van der Waals surface area contributed by atoms with Gasteiger partial charge < -0.3 is 0 Å². The first-order valence-corrected chi connectivity index (χ1v) is 6.36.